The number of hydrogen-bond donors (Lipinski definition) is 12. The molecule has 8 rings (SSSR count). The number of hydrogen-bond acceptors (Lipinski definition) is 21. The highest BCUT2D eigenvalue weighted by atomic mass is 16.8. The summed E-state index contributed by atoms with van der Waals surface area (Å²) >= 11 is 0. The first kappa shape index (κ1) is 54.5. The second kappa shape index (κ2) is 19.7. The lowest BCUT2D eigenvalue weighted by molar-refractivity contribution is -0.397. The number of aliphatic hydroxyl groups is 12. The zero-order valence-electron chi connectivity index (χ0n) is 41.3. The second-order valence-electron chi connectivity index (χ2n) is 22.5. The Hall–Kier alpha value is -1.81. The highest BCUT2D eigenvalue weighted by molar-refractivity contribution is 5.87. The lowest BCUT2D eigenvalue weighted by Gasteiger charge is -2.64. The van der Waals surface area contributed by atoms with Crippen LogP contribution in [0.2, 0.25) is 0 Å². The number of rotatable bonds is 11. The van der Waals surface area contributed by atoms with Crippen LogP contribution in [0.1, 0.15) is 93.4 Å². The largest absolute Gasteiger partial charge is 0.466 e. The van der Waals surface area contributed by atoms with E-state index in [2.05, 4.69) is 20.8 Å². The Morgan fingerprint density at radius 3 is 1.86 bits per heavy atom. The molecule has 0 radical (unpaired) electrons. The van der Waals surface area contributed by atoms with Gasteiger partial charge in [0.25, 0.3) is 0 Å². The van der Waals surface area contributed by atoms with Crippen LogP contribution in [-0.2, 0) is 42.7 Å². The molecule has 0 aromatic rings. The maximum Gasteiger partial charge on any atom is 0.333 e. The van der Waals surface area contributed by atoms with Gasteiger partial charge in [-0.25, -0.2) is 4.79 Å². The van der Waals surface area contributed by atoms with E-state index >= 15 is 0 Å². The lowest BCUT2D eigenvalue weighted by Crippen LogP contribution is -2.67. The zero-order chi connectivity index (χ0) is 51.4. The van der Waals surface area contributed by atoms with Gasteiger partial charge in [0.05, 0.1) is 45.2 Å². The number of carbonyl (C=O) groups is 1. The SMILES string of the molecule is COC(=O)/C(C)=C/[C@@H]1[C@H](O)O[C@@H]2C[C@@]3(C)C4=C(CC[C@@]3(C)[C@@]2(O)[C@H]1C)[C@@]1(C)CC[C@@H](O[C@H]2O[C@H](CO)[C@@H](O)[C@H](O)[C@H]2O[C@H]2O[C@H](CO)[C@@H](O)[C@@H](O)[C@H]2O[C@@H]2O[C@@H](C)[C@@H](O)[C@H](O)[C@@H]2O)[C@@](C)(CO)[C@@H]1CC4. The van der Waals surface area contributed by atoms with Crippen LogP contribution in [0.15, 0.2) is 22.8 Å². The summed E-state index contributed by atoms with van der Waals surface area (Å²) in [7, 11) is 1.29. The molecule has 2 saturated carbocycles. The Bertz CT molecular complexity index is 1970. The summed E-state index contributed by atoms with van der Waals surface area (Å²) in [6, 6.07) is 0. The molecular weight excluding hydrogens is 925 g/mol. The lowest BCUT2D eigenvalue weighted by atomic mass is 9.42. The summed E-state index contributed by atoms with van der Waals surface area (Å²) in [5, 5.41) is 133. The Kier molecular flexibility index (Phi) is 15.3. The molecule has 12 N–H and O–H groups in total. The zero-order valence-corrected chi connectivity index (χ0v) is 41.3. The van der Waals surface area contributed by atoms with Gasteiger partial charge < -0.3 is 99.2 Å². The van der Waals surface area contributed by atoms with Gasteiger partial charge in [-0.1, -0.05) is 51.8 Å². The molecule has 0 bridgehead atoms. The third-order valence-corrected chi connectivity index (χ3v) is 19.2. The van der Waals surface area contributed by atoms with E-state index in [4.69, 9.17) is 37.9 Å². The van der Waals surface area contributed by atoms with Crippen molar-refractivity contribution in [2.24, 2.45) is 39.4 Å². The molecule has 0 aromatic carbocycles. The molecule has 8 aliphatic rings. The molecule has 0 aromatic heterocycles. The number of fused-ring (bicyclic) bond motifs is 6. The van der Waals surface area contributed by atoms with Crippen molar-refractivity contribution in [3.8, 4) is 0 Å². The number of esters is 1. The number of ether oxygens (including phenoxy) is 8. The van der Waals surface area contributed by atoms with Crippen molar-refractivity contribution in [3.05, 3.63) is 22.8 Å². The molecule has 21 nitrogen and oxygen atoms in total. The van der Waals surface area contributed by atoms with Crippen molar-refractivity contribution >= 4 is 5.97 Å². The highest BCUT2D eigenvalue weighted by Gasteiger charge is 2.75. The predicted octanol–water partition coefficient (Wildman–Crippen LogP) is -1.62. The van der Waals surface area contributed by atoms with E-state index in [0.29, 0.717) is 50.5 Å². The van der Waals surface area contributed by atoms with Crippen LogP contribution in [-0.4, -0.2) is 210 Å². The summed E-state index contributed by atoms with van der Waals surface area (Å²) in [5.74, 6) is -1.88. The number of allylic oxidation sites excluding steroid dienone is 2. The molecule has 4 aliphatic carbocycles. The Balaban J connectivity index is 1.07. The molecule has 0 spiro atoms. The van der Waals surface area contributed by atoms with Gasteiger partial charge in [0.1, 0.15) is 72.7 Å². The average Bonchev–Trinajstić information content (AvgIpc) is 3.52. The van der Waals surface area contributed by atoms with Gasteiger partial charge in [-0.2, -0.15) is 0 Å². The standard InChI is InChI=1S/C49H78O21/c1-20(40(60)63-8)15-23-21(2)49(62)30(67-41(23)61)16-47(6)25-9-10-28-45(4,24(25)11-14-48(47,49)7)13-12-29(46(28,5)19-52)68-43-38(35(57)32(54)26(17-50)65-43)70-44-39(36(58)33(55)27(18-51)66-44)69-42-37(59)34(56)31(53)22(3)64-42/h15,21-23,26-39,41-44,50-59,61-62H,9-14,16-19H2,1-8H3/b20-15+/t21-,22-,23-,26+,27+,28+,29+,30+,31+,32+,33+,34-,35-,36+,37-,38+,39+,41+,42-,43+,44+,45+,46-,47-,48+,49+/m0/s1. The summed E-state index contributed by atoms with van der Waals surface area (Å²) in [4.78, 5) is 12.4. The topological polar surface area (TPSA) is 334 Å². The first-order chi connectivity index (χ1) is 32.8. The maximum absolute atomic E-state index is 13.1. The third kappa shape index (κ3) is 8.20. The normalized spacial score (nSPS) is 53.9. The minimum atomic E-state index is -1.89. The average molecular weight is 1000 g/mol. The highest BCUT2D eigenvalue weighted by Crippen LogP contribution is 2.75. The van der Waals surface area contributed by atoms with Gasteiger partial charge in [-0.05, 0) is 81.5 Å². The molecule has 6 fully saturated rings. The van der Waals surface area contributed by atoms with Crippen LogP contribution in [0.3, 0.4) is 0 Å². The summed E-state index contributed by atoms with van der Waals surface area (Å²) in [5.41, 5.74) is -1.25. The predicted molar refractivity (Wildman–Crippen MR) is 239 cm³/mol. The van der Waals surface area contributed by atoms with E-state index in [1.807, 2.05) is 13.8 Å². The van der Waals surface area contributed by atoms with E-state index in [1.165, 1.54) is 25.2 Å². The van der Waals surface area contributed by atoms with Crippen LogP contribution >= 0.6 is 0 Å². The van der Waals surface area contributed by atoms with Crippen molar-refractivity contribution in [1.82, 2.24) is 0 Å². The fourth-order valence-corrected chi connectivity index (χ4v) is 14.7. The van der Waals surface area contributed by atoms with Crippen molar-refractivity contribution in [3.63, 3.8) is 0 Å². The monoisotopic (exact) mass is 1000 g/mol. The molecule has 400 valence electrons. The Labute approximate surface area is 407 Å². The molecule has 0 amide bonds. The van der Waals surface area contributed by atoms with Crippen LogP contribution in [0.25, 0.3) is 0 Å². The maximum atomic E-state index is 13.1. The summed E-state index contributed by atoms with van der Waals surface area (Å²) < 4.78 is 47.8. The first-order valence-electron chi connectivity index (χ1n) is 24.9. The molecule has 4 aliphatic heterocycles. The molecule has 4 heterocycles. The smallest absolute Gasteiger partial charge is 0.333 e. The van der Waals surface area contributed by atoms with Gasteiger partial charge in [-0.3, -0.25) is 0 Å². The molecule has 0 unspecified atom stereocenters. The van der Waals surface area contributed by atoms with Crippen molar-refractivity contribution in [2.75, 3.05) is 26.9 Å². The van der Waals surface area contributed by atoms with Crippen molar-refractivity contribution in [1.29, 1.82) is 0 Å². The van der Waals surface area contributed by atoms with E-state index in [1.54, 1.807) is 13.0 Å². The van der Waals surface area contributed by atoms with Crippen LogP contribution in [0.5, 0.6) is 0 Å². The fourth-order valence-electron chi connectivity index (χ4n) is 14.7. The van der Waals surface area contributed by atoms with E-state index < -0.39 is 169 Å². The van der Waals surface area contributed by atoms with Crippen LogP contribution in [0, 0.1) is 39.4 Å². The van der Waals surface area contributed by atoms with E-state index in [-0.39, 0.29) is 12.5 Å². The molecule has 70 heavy (non-hydrogen) atoms. The van der Waals surface area contributed by atoms with Gasteiger partial charge in [0.2, 0.25) is 0 Å². The van der Waals surface area contributed by atoms with Gasteiger partial charge in [0.15, 0.2) is 25.2 Å². The van der Waals surface area contributed by atoms with Crippen molar-refractivity contribution in [2.45, 2.75) is 210 Å². The van der Waals surface area contributed by atoms with Crippen molar-refractivity contribution < 1.29 is 104 Å². The first-order valence-corrected chi connectivity index (χ1v) is 24.9. The molecular formula is C49H78O21. The number of aliphatic hydroxyl groups excluding tert-OH is 11. The third-order valence-electron chi connectivity index (χ3n) is 19.2. The quantitative estimate of drug-likeness (QED) is 0.0629. The minimum Gasteiger partial charge on any atom is -0.466 e. The van der Waals surface area contributed by atoms with Crippen LogP contribution < -0.4 is 0 Å². The van der Waals surface area contributed by atoms with Gasteiger partial charge >= 0.3 is 5.97 Å². The molecule has 4 saturated heterocycles. The fraction of sp³-hybridized carbons (Fsp3) is 0.898. The minimum absolute atomic E-state index is 0.179. The van der Waals surface area contributed by atoms with Gasteiger partial charge in [-0.15, -0.1) is 0 Å². The van der Waals surface area contributed by atoms with Crippen LogP contribution in [0.4, 0.5) is 0 Å². The van der Waals surface area contributed by atoms with E-state index in [9.17, 15) is 66.1 Å². The summed E-state index contributed by atoms with van der Waals surface area (Å²) in [6.07, 6.45) is -21.9. The van der Waals surface area contributed by atoms with E-state index in [0.717, 1.165) is 0 Å². The number of carbonyl (C=O) groups excluding carboxylic acids is 1. The number of methoxy groups -OCH3 is 1. The molecule has 21 heteroatoms. The Morgan fingerprint density at radius 2 is 1.29 bits per heavy atom. The summed E-state index contributed by atoms with van der Waals surface area (Å²) in [6.45, 7) is 11.5. The van der Waals surface area contributed by atoms with Gasteiger partial charge in [0, 0.05) is 22.3 Å². The second-order valence-corrected chi connectivity index (χ2v) is 22.5. The Morgan fingerprint density at radius 1 is 0.700 bits per heavy atom. The molecule has 26 atom stereocenters.